The molecular weight excluding hydrogens is 340 g/mol. The molecular formula is C16H18F4N4O. The molecule has 2 rings (SSSR count). The van der Waals surface area contributed by atoms with Crippen LogP contribution >= 0.6 is 0 Å². The largest absolute Gasteiger partial charge is 0.433 e. The molecule has 2 aromatic rings. The fourth-order valence-electron chi connectivity index (χ4n) is 2.10. The van der Waals surface area contributed by atoms with Crippen LogP contribution in [0.15, 0.2) is 30.3 Å². The van der Waals surface area contributed by atoms with Crippen LogP contribution < -0.4 is 10.2 Å². The number of hydrogen-bond donors (Lipinski definition) is 2. The van der Waals surface area contributed by atoms with Crippen molar-refractivity contribution >= 4 is 11.8 Å². The predicted molar refractivity (Wildman–Crippen MR) is 85.8 cm³/mol. The smallest absolute Gasteiger partial charge is 0.386 e. The summed E-state index contributed by atoms with van der Waals surface area (Å²) in [6, 6.07) is 5.31. The third-order valence-electron chi connectivity index (χ3n) is 3.50. The van der Waals surface area contributed by atoms with Gasteiger partial charge in [0, 0.05) is 20.2 Å². The van der Waals surface area contributed by atoms with Crippen LogP contribution in [0, 0.1) is 5.82 Å². The van der Waals surface area contributed by atoms with E-state index in [1.54, 1.807) is 21.0 Å². The molecule has 9 heteroatoms. The van der Waals surface area contributed by atoms with Gasteiger partial charge in [-0.05, 0) is 24.6 Å². The van der Waals surface area contributed by atoms with Gasteiger partial charge in [-0.3, -0.25) is 0 Å². The predicted octanol–water partition coefficient (Wildman–Crippen LogP) is 3.23. The van der Waals surface area contributed by atoms with Crippen LogP contribution in [0.4, 0.5) is 29.3 Å². The van der Waals surface area contributed by atoms with E-state index >= 15 is 0 Å². The molecule has 0 unspecified atom stereocenters. The lowest BCUT2D eigenvalue weighted by atomic mass is 10.0. The Labute approximate surface area is 142 Å². The van der Waals surface area contributed by atoms with E-state index < -0.39 is 29.8 Å². The van der Waals surface area contributed by atoms with Crippen LogP contribution in [0.1, 0.15) is 24.3 Å². The molecule has 0 fully saturated rings. The first-order valence-electron chi connectivity index (χ1n) is 7.41. The van der Waals surface area contributed by atoms with Crippen LogP contribution in [-0.2, 0) is 6.18 Å². The van der Waals surface area contributed by atoms with E-state index in [4.69, 9.17) is 0 Å². The van der Waals surface area contributed by atoms with E-state index in [1.165, 1.54) is 29.2 Å². The van der Waals surface area contributed by atoms with Gasteiger partial charge < -0.3 is 15.3 Å². The number of alkyl halides is 3. The van der Waals surface area contributed by atoms with Gasteiger partial charge in [0.2, 0.25) is 5.95 Å². The quantitative estimate of drug-likeness (QED) is 0.804. The Bertz CT molecular complexity index is 719. The maximum atomic E-state index is 13.0. The summed E-state index contributed by atoms with van der Waals surface area (Å²) in [5.41, 5.74) is -0.668. The molecule has 5 nitrogen and oxygen atoms in total. The first kappa shape index (κ1) is 18.9. The number of aliphatic hydroxyl groups excluding tert-OH is 1. The number of aromatic nitrogens is 2. The lowest BCUT2D eigenvalue weighted by Crippen LogP contribution is -2.26. The van der Waals surface area contributed by atoms with Crippen LogP contribution in [0.5, 0.6) is 0 Å². The van der Waals surface area contributed by atoms with Gasteiger partial charge in [-0.25, -0.2) is 9.37 Å². The van der Waals surface area contributed by atoms with Crippen molar-refractivity contribution in [2.75, 3.05) is 24.3 Å². The molecule has 1 aromatic carbocycles. The third-order valence-corrected chi connectivity index (χ3v) is 3.50. The molecule has 0 spiro atoms. The highest BCUT2D eigenvalue weighted by Gasteiger charge is 2.34. The Balaban J connectivity index is 2.25. The summed E-state index contributed by atoms with van der Waals surface area (Å²) in [5.74, 6) is -0.631. The highest BCUT2D eigenvalue weighted by atomic mass is 19.4. The van der Waals surface area contributed by atoms with Crippen molar-refractivity contribution in [2.24, 2.45) is 0 Å². The number of rotatable bonds is 5. The summed E-state index contributed by atoms with van der Waals surface area (Å²) in [4.78, 5) is 8.90. The van der Waals surface area contributed by atoms with Gasteiger partial charge in [-0.1, -0.05) is 12.1 Å². The lowest BCUT2D eigenvalue weighted by molar-refractivity contribution is -0.141. The molecule has 0 aliphatic rings. The van der Waals surface area contributed by atoms with Gasteiger partial charge in [0.15, 0.2) is 5.69 Å². The second kappa shape index (κ2) is 7.22. The van der Waals surface area contributed by atoms with Crippen molar-refractivity contribution in [3.8, 4) is 0 Å². The SMILES string of the molecule is C[C@@H](Nc1nc(N(C)C)cc(C(F)(F)F)n1)[C@@H](O)c1ccc(F)cc1. The molecule has 0 saturated heterocycles. The summed E-state index contributed by atoms with van der Waals surface area (Å²) >= 11 is 0. The normalized spacial score (nSPS) is 14.1. The summed E-state index contributed by atoms with van der Waals surface area (Å²) in [5, 5.41) is 12.9. The number of nitrogens with zero attached hydrogens (tertiary/aromatic N) is 3. The van der Waals surface area contributed by atoms with E-state index in [1.807, 2.05) is 0 Å². The first-order valence-corrected chi connectivity index (χ1v) is 7.41. The number of aliphatic hydroxyl groups is 1. The van der Waals surface area contributed by atoms with E-state index in [9.17, 15) is 22.7 Å². The van der Waals surface area contributed by atoms with Crippen molar-refractivity contribution in [2.45, 2.75) is 25.2 Å². The Morgan fingerprint density at radius 1 is 1.12 bits per heavy atom. The number of halogens is 4. The highest BCUT2D eigenvalue weighted by Crippen LogP contribution is 2.30. The first-order chi connectivity index (χ1) is 11.6. The van der Waals surface area contributed by atoms with Crippen LogP contribution in [0.25, 0.3) is 0 Å². The van der Waals surface area contributed by atoms with Crippen molar-refractivity contribution in [1.29, 1.82) is 0 Å². The Kier molecular flexibility index (Phi) is 5.46. The maximum Gasteiger partial charge on any atom is 0.433 e. The average Bonchev–Trinajstić information content (AvgIpc) is 2.53. The summed E-state index contributed by atoms with van der Waals surface area (Å²) < 4.78 is 51.9. The zero-order chi connectivity index (χ0) is 18.8. The standard InChI is InChI=1S/C16H18F4N4O/c1-9(14(25)10-4-6-11(17)7-5-10)21-15-22-12(16(18,19)20)8-13(23-15)24(2)3/h4-9,14,25H,1-3H3,(H,21,22,23)/t9-,14-/m1/s1. The molecule has 0 radical (unpaired) electrons. The van der Waals surface area contributed by atoms with Crippen molar-refractivity contribution in [3.05, 3.63) is 47.4 Å². The zero-order valence-electron chi connectivity index (χ0n) is 13.8. The molecule has 136 valence electrons. The molecule has 1 aromatic heterocycles. The monoisotopic (exact) mass is 358 g/mol. The van der Waals surface area contributed by atoms with Crippen LogP contribution in [0.2, 0.25) is 0 Å². The Morgan fingerprint density at radius 3 is 2.24 bits per heavy atom. The van der Waals surface area contributed by atoms with Gasteiger partial charge in [0.05, 0.1) is 12.1 Å². The molecule has 0 aliphatic carbocycles. The van der Waals surface area contributed by atoms with Crippen molar-refractivity contribution in [3.63, 3.8) is 0 Å². The van der Waals surface area contributed by atoms with Gasteiger partial charge in [0.1, 0.15) is 11.6 Å². The topological polar surface area (TPSA) is 61.3 Å². The second-order valence-corrected chi connectivity index (χ2v) is 5.76. The number of nitrogens with one attached hydrogen (secondary N) is 1. The molecule has 0 saturated carbocycles. The van der Waals surface area contributed by atoms with Gasteiger partial charge in [-0.2, -0.15) is 18.2 Å². The number of benzene rings is 1. The minimum absolute atomic E-state index is 0.0771. The van der Waals surface area contributed by atoms with E-state index in [2.05, 4.69) is 15.3 Å². The third kappa shape index (κ3) is 4.79. The minimum Gasteiger partial charge on any atom is -0.386 e. The minimum atomic E-state index is -4.62. The van der Waals surface area contributed by atoms with E-state index in [0.29, 0.717) is 5.56 Å². The average molecular weight is 358 g/mol. The Morgan fingerprint density at radius 2 is 1.72 bits per heavy atom. The molecule has 2 atom stereocenters. The summed E-state index contributed by atoms with van der Waals surface area (Å²) in [7, 11) is 3.12. The number of hydrogen-bond acceptors (Lipinski definition) is 5. The van der Waals surface area contributed by atoms with E-state index in [0.717, 1.165) is 6.07 Å². The fourth-order valence-corrected chi connectivity index (χ4v) is 2.10. The van der Waals surface area contributed by atoms with Gasteiger partial charge >= 0.3 is 6.18 Å². The lowest BCUT2D eigenvalue weighted by Gasteiger charge is -2.22. The zero-order valence-corrected chi connectivity index (χ0v) is 13.8. The van der Waals surface area contributed by atoms with Gasteiger partial charge in [-0.15, -0.1) is 0 Å². The highest BCUT2D eigenvalue weighted by molar-refractivity contribution is 5.45. The number of anilines is 2. The Hall–Kier alpha value is -2.42. The molecule has 0 aliphatic heterocycles. The molecule has 25 heavy (non-hydrogen) atoms. The van der Waals surface area contributed by atoms with Crippen molar-refractivity contribution in [1.82, 2.24) is 9.97 Å². The second-order valence-electron chi connectivity index (χ2n) is 5.76. The molecule has 1 heterocycles. The molecule has 0 amide bonds. The fraction of sp³-hybridized carbons (Fsp3) is 0.375. The van der Waals surface area contributed by atoms with Gasteiger partial charge in [0.25, 0.3) is 0 Å². The maximum absolute atomic E-state index is 13.0. The molecule has 0 bridgehead atoms. The summed E-state index contributed by atoms with van der Waals surface area (Å²) in [6.45, 7) is 1.56. The van der Waals surface area contributed by atoms with Crippen LogP contribution in [0.3, 0.4) is 0 Å². The van der Waals surface area contributed by atoms with Crippen LogP contribution in [-0.4, -0.2) is 35.2 Å². The van der Waals surface area contributed by atoms with Crippen molar-refractivity contribution < 1.29 is 22.7 Å². The summed E-state index contributed by atoms with van der Waals surface area (Å²) in [6.07, 6.45) is -5.70. The molecule has 2 N–H and O–H groups in total. The van der Waals surface area contributed by atoms with E-state index in [-0.39, 0.29) is 11.8 Å².